The van der Waals surface area contributed by atoms with Crippen molar-refractivity contribution < 1.29 is 14.3 Å². The van der Waals surface area contributed by atoms with E-state index in [1.807, 2.05) is 61.4 Å². The number of hydrogen-bond donors (Lipinski definition) is 2. The summed E-state index contributed by atoms with van der Waals surface area (Å²) in [5, 5.41) is 15.6. The fourth-order valence-electron chi connectivity index (χ4n) is 4.10. The van der Waals surface area contributed by atoms with E-state index in [1.165, 1.54) is 0 Å². The maximum atomic E-state index is 13.0. The van der Waals surface area contributed by atoms with Crippen LogP contribution >= 0.6 is 0 Å². The lowest BCUT2D eigenvalue weighted by Gasteiger charge is -2.36. The number of nitrogens with zero attached hydrogens (tertiary/aromatic N) is 3. The predicted molar refractivity (Wildman–Crippen MR) is 118 cm³/mol. The van der Waals surface area contributed by atoms with Crippen molar-refractivity contribution in [3.63, 3.8) is 0 Å². The van der Waals surface area contributed by atoms with E-state index in [1.54, 1.807) is 7.11 Å². The summed E-state index contributed by atoms with van der Waals surface area (Å²) in [6.07, 6.45) is 0. The molecule has 1 aliphatic rings. The molecule has 0 radical (unpaired) electrons. The number of rotatable bonds is 6. The molecule has 2 aromatic rings. The van der Waals surface area contributed by atoms with Gasteiger partial charge >= 0.3 is 0 Å². The summed E-state index contributed by atoms with van der Waals surface area (Å²) in [6.45, 7) is 8.91. The van der Waals surface area contributed by atoms with Crippen molar-refractivity contribution in [1.82, 2.24) is 14.8 Å². The van der Waals surface area contributed by atoms with Gasteiger partial charge in [-0.3, -0.25) is 19.1 Å². The Kier molecular flexibility index (Phi) is 6.66. The first-order valence-electron chi connectivity index (χ1n) is 10.4. The van der Waals surface area contributed by atoms with Gasteiger partial charge < -0.3 is 15.4 Å². The third kappa shape index (κ3) is 4.42. The Morgan fingerprint density at radius 3 is 2.58 bits per heavy atom. The molecule has 8 heteroatoms. The maximum Gasteiger partial charge on any atom is 0.239 e. The monoisotopic (exact) mass is 423 g/mol. The Bertz CT molecular complexity index is 1020. The summed E-state index contributed by atoms with van der Waals surface area (Å²) in [4.78, 5) is 27.2. The number of nitriles is 1. The Balaban J connectivity index is 1.91. The Hall–Kier alpha value is -3.31. The number of benzene rings is 1. The van der Waals surface area contributed by atoms with E-state index in [4.69, 9.17) is 4.74 Å². The first-order chi connectivity index (χ1) is 14.8. The molecule has 1 aromatic carbocycles. The lowest BCUT2D eigenvalue weighted by molar-refractivity contribution is -0.132. The third-order valence-electron chi connectivity index (χ3n) is 5.75. The fraction of sp³-hybridized carbons (Fsp3) is 0.435. The van der Waals surface area contributed by atoms with Crippen molar-refractivity contribution in [3.05, 3.63) is 41.1 Å². The molecule has 1 unspecified atom stereocenters. The van der Waals surface area contributed by atoms with E-state index in [0.29, 0.717) is 24.5 Å². The molecule has 0 bridgehead atoms. The first-order valence-corrected chi connectivity index (χ1v) is 10.4. The molecule has 1 fully saturated rings. The van der Waals surface area contributed by atoms with Gasteiger partial charge in [0, 0.05) is 24.5 Å². The number of hydrogen-bond acceptors (Lipinski definition) is 5. The van der Waals surface area contributed by atoms with Crippen molar-refractivity contribution >= 4 is 17.6 Å². The molecule has 2 N–H and O–H groups in total. The van der Waals surface area contributed by atoms with Crippen molar-refractivity contribution in [2.24, 2.45) is 5.92 Å². The molecular formula is C23H29N5O3. The summed E-state index contributed by atoms with van der Waals surface area (Å²) >= 11 is 0. The first kappa shape index (κ1) is 22.4. The van der Waals surface area contributed by atoms with E-state index >= 15 is 0 Å². The van der Waals surface area contributed by atoms with Crippen LogP contribution < -0.4 is 15.4 Å². The zero-order chi connectivity index (χ0) is 22.7. The summed E-state index contributed by atoms with van der Waals surface area (Å²) in [6, 6.07) is 9.30. The van der Waals surface area contributed by atoms with Crippen LogP contribution in [0.1, 0.15) is 30.7 Å². The second kappa shape index (κ2) is 9.23. The van der Waals surface area contributed by atoms with Gasteiger partial charge in [-0.2, -0.15) is 5.26 Å². The summed E-state index contributed by atoms with van der Waals surface area (Å²) in [7, 11) is 1.60. The zero-order valence-electron chi connectivity index (χ0n) is 18.7. The Morgan fingerprint density at radius 2 is 2.00 bits per heavy atom. The van der Waals surface area contributed by atoms with Gasteiger partial charge in [-0.1, -0.05) is 13.8 Å². The highest BCUT2D eigenvalue weighted by molar-refractivity contribution is 5.94. The number of ether oxygens (including phenoxy) is 1. The predicted octanol–water partition coefficient (Wildman–Crippen LogP) is 2.37. The molecule has 31 heavy (non-hydrogen) atoms. The second-order valence-corrected chi connectivity index (χ2v) is 8.08. The minimum absolute atomic E-state index is 0.0555. The maximum absolute atomic E-state index is 13.0. The largest absolute Gasteiger partial charge is 0.497 e. The van der Waals surface area contributed by atoms with Crippen molar-refractivity contribution in [1.29, 1.82) is 5.26 Å². The molecule has 1 atom stereocenters. The van der Waals surface area contributed by atoms with Crippen LogP contribution in [-0.2, 0) is 9.59 Å². The molecule has 3 rings (SSSR count). The standard InChI is InChI=1S/C23H29N5O3/c1-14(2)21-23(30)25-10-11-27(21)13-20(29)26-22-19(12-24)15(3)16(4)28(22)17-6-8-18(31-5)9-7-17/h6-9,14,21H,10-11,13H2,1-5H3,(H,25,30)(H,26,29). The van der Waals surface area contributed by atoms with Gasteiger partial charge in [0.2, 0.25) is 11.8 Å². The van der Waals surface area contributed by atoms with Crippen LogP contribution in [0.4, 0.5) is 5.82 Å². The molecule has 0 saturated carbocycles. The van der Waals surface area contributed by atoms with E-state index < -0.39 is 0 Å². The number of piperazine rings is 1. The van der Waals surface area contributed by atoms with Crippen LogP contribution in [0.25, 0.3) is 5.69 Å². The van der Waals surface area contributed by atoms with Gasteiger partial charge in [-0.05, 0) is 49.6 Å². The average molecular weight is 424 g/mol. The average Bonchev–Trinajstić information content (AvgIpc) is 2.97. The number of anilines is 1. The summed E-state index contributed by atoms with van der Waals surface area (Å²) in [5.41, 5.74) is 2.93. The molecule has 0 aliphatic carbocycles. The molecular weight excluding hydrogens is 394 g/mol. The van der Waals surface area contributed by atoms with E-state index in [0.717, 1.165) is 22.7 Å². The molecule has 1 aliphatic heterocycles. The molecule has 1 aromatic heterocycles. The second-order valence-electron chi connectivity index (χ2n) is 8.08. The number of methoxy groups -OCH3 is 1. The lowest BCUT2D eigenvalue weighted by atomic mass is 10.00. The highest BCUT2D eigenvalue weighted by Gasteiger charge is 2.33. The van der Waals surface area contributed by atoms with Gasteiger partial charge in [0.25, 0.3) is 0 Å². The van der Waals surface area contributed by atoms with E-state index in [-0.39, 0.29) is 30.3 Å². The van der Waals surface area contributed by atoms with Crippen molar-refractivity contribution in [2.45, 2.75) is 33.7 Å². The Labute approximate surface area is 182 Å². The minimum Gasteiger partial charge on any atom is -0.497 e. The minimum atomic E-state index is -0.355. The number of aromatic nitrogens is 1. The van der Waals surface area contributed by atoms with E-state index in [9.17, 15) is 14.9 Å². The molecule has 0 spiro atoms. The van der Waals surface area contributed by atoms with Crippen molar-refractivity contribution in [2.75, 3.05) is 32.1 Å². The zero-order valence-corrected chi connectivity index (χ0v) is 18.7. The highest BCUT2D eigenvalue weighted by atomic mass is 16.5. The van der Waals surface area contributed by atoms with Crippen LogP contribution in [-0.4, -0.2) is 54.1 Å². The molecule has 1 saturated heterocycles. The van der Waals surface area contributed by atoms with Gasteiger partial charge in [-0.25, -0.2) is 0 Å². The highest BCUT2D eigenvalue weighted by Crippen LogP contribution is 2.30. The third-order valence-corrected chi connectivity index (χ3v) is 5.75. The van der Waals surface area contributed by atoms with E-state index in [2.05, 4.69) is 16.7 Å². The van der Waals surface area contributed by atoms with Crippen LogP contribution in [0.5, 0.6) is 5.75 Å². The topological polar surface area (TPSA) is 99.4 Å². The summed E-state index contributed by atoms with van der Waals surface area (Å²) < 4.78 is 7.10. The summed E-state index contributed by atoms with van der Waals surface area (Å²) in [5.74, 6) is 0.925. The number of carbonyl (C=O) groups is 2. The normalized spacial score (nSPS) is 16.7. The lowest BCUT2D eigenvalue weighted by Crippen LogP contribution is -2.58. The molecule has 2 amide bonds. The number of nitrogens with one attached hydrogen (secondary N) is 2. The molecule has 164 valence electrons. The van der Waals surface area contributed by atoms with Crippen LogP contribution in [0, 0.1) is 31.1 Å². The fourth-order valence-corrected chi connectivity index (χ4v) is 4.10. The molecule has 8 nitrogen and oxygen atoms in total. The SMILES string of the molecule is COc1ccc(-n2c(C)c(C)c(C#N)c2NC(=O)CN2CCNC(=O)C2C(C)C)cc1. The van der Waals surface area contributed by atoms with Gasteiger partial charge in [0.05, 0.1) is 25.3 Å². The van der Waals surface area contributed by atoms with Crippen LogP contribution in [0.3, 0.4) is 0 Å². The number of amides is 2. The van der Waals surface area contributed by atoms with Crippen LogP contribution in [0.15, 0.2) is 24.3 Å². The smallest absolute Gasteiger partial charge is 0.239 e. The Morgan fingerprint density at radius 1 is 1.32 bits per heavy atom. The van der Waals surface area contributed by atoms with Gasteiger partial charge in [0.15, 0.2) is 0 Å². The quantitative estimate of drug-likeness (QED) is 0.743. The van der Waals surface area contributed by atoms with Gasteiger partial charge in [-0.15, -0.1) is 0 Å². The van der Waals surface area contributed by atoms with Crippen LogP contribution in [0.2, 0.25) is 0 Å². The van der Waals surface area contributed by atoms with Crippen molar-refractivity contribution in [3.8, 4) is 17.5 Å². The van der Waals surface area contributed by atoms with Gasteiger partial charge in [0.1, 0.15) is 17.6 Å². The number of carbonyl (C=O) groups excluding carboxylic acids is 2. The molecule has 2 heterocycles.